The molecule has 4 atom stereocenters. The Hall–Kier alpha value is -1.11. The van der Waals surface area contributed by atoms with Crippen LogP contribution in [-0.4, -0.2) is 49.6 Å². The van der Waals surface area contributed by atoms with Crippen LogP contribution in [0.3, 0.4) is 0 Å². The van der Waals surface area contributed by atoms with Crippen LogP contribution in [0.2, 0.25) is 0 Å². The van der Waals surface area contributed by atoms with Gasteiger partial charge in [-0.1, -0.05) is 20.8 Å². The lowest BCUT2D eigenvalue weighted by atomic mass is 9.62. The average molecular weight is 423 g/mol. The first kappa shape index (κ1) is 23.6. The van der Waals surface area contributed by atoms with Crippen LogP contribution in [0.5, 0.6) is 0 Å². The summed E-state index contributed by atoms with van der Waals surface area (Å²) in [5.74, 6) is -0.243. The van der Waals surface area contributed by atoms with E-state index < -0.39 is 5.79 Å². The molecule has 0 spiro atoms. The maximum atomic E-state index is 12.6. The Morgan fingerprint density at radius 1 is 1.10 bits per heavy atom. The molecule has 0 aromatic carbocycles. The SMILES string of the molecule is COC(CCC(=O)CCC1C(=O)CCC2(C)C(=O)CCC12)C1(C)OCC(C)(C)CO1. The summed E-state index contributed by atoms with van der Waals surface area (Å²) >= 11 is 0. The second-order valence-corrected chi connectivity index (χ2v) is 10.7. The first-order valence-corrected chi connectivity index (χ1v) is 11.4. The topological polar surface area (TPSA) is 78.9 Å². The molecule has 3 fully saturated rings. The zero-order chi connectivity index (χ0) is 22.2. The zero-order valence-electron chi connectivity index (χ0n) is 19.3. The molecule has 1 aliphatic heterocycles. The molecule has 30 heavy (non-hydrogen) atoms. The number of carbonyl (C=O) groups excluding carboxylic acids is 3. The Morgan fingerprint density at radius 3 is 2.40 bits per heavy atom. The van der Waals surface area contributed by atoms with E-state index in [9.17, 15) is 14.4 Å². The largest absolute Gasteiger partial charge is 0.376 e. The second-order valence-electron chi connectivity index (χ2n) is 10.7. The minimum atomic E-state index is -0.851. The van der Waals surface area contributed by atoms with E-state index in [4.69, 9.17) is 14.2 Å². The van der Waals surface area contributed by atoms with Gasteiger partial charge in [0, 0.05) is 49.5 Å². The molecule has 0 aromatic rings. The lowest BCUT2D eigenvalue weighted by Crippen LogP contribution is -2.53. The molecule has 6 nitrogen and oxygen atoms in total. The molecule has 2 saturated carbocycles. The summed E-state index contributed by atoms with van der Waals surface area (Å²) in [5.41, 5.74) is -0.392. The third-order valence-corrected chi connectivity index (χ3v) is 7.72. The minimum absolute atomic E-state index is 0.0315. The normalized spacial score (nSPS) is 33.9. The summed E-state index contributed by atoms with van der Waals surface area (Å²) in [6, 6.07) is 0. The van der Waals surface area contributed by atoms with Gasteiger partial charge in [-0.2, -0.15) is 0 Å². The summed E-state index contributed by atoms with van der Waals surface area (Å²) in [6.07, 6.45) is 3.98. The van der Waals surface area contributed by atoms with Crippen LogP contribution in [0, 0.1) is 22.7 Å². The van der Waals surface area contributed by atoms with Crippen molar-refractivity contribution in [2.24, 2.45) is 22.7 Å². The van der Waals surface area contributed by atoms with E-state index >= 15 is 0 Å². The molecule has 2 aliphatic carbocycles. The van der Waals surface area contributed by atoms with Crippen LogP contribution in [0.1, 0.15) is 79.1 Å². The minimum Gasteiger partial charge on any atom is -0.376 e. The molecule has 170 valence electrons. The highest BCUT2D eigenvalue weighted by Crippen LogP contribution is 2.52. The van der Waals surface area contributed by atoms with E-state index in [0.29, 0.717) is 63.9 Å². The van der Waals surface area contributed by atoms with Gasteiger partial charge >= 0.3 is 0 Å². The quantitative estimate of drug-likeness (QED) is 0.591. The van der Waals surface area contributed by atoms with Crippen LogP contribution in [-0.2, 0) is 28.6 Å². The van der Waals surface area contributed by atoms with Crippen molar-refractivity contribution in [2.75, 3.05) is 20.3 Å². The van der Waals surface area contributed by atoms with Gasteiger partial charge in [0.05, 0.1) is 13.2 Å². The van der Waals surface area contributed by atoms with Gasteiger partial charge in [-0.15, -0.1) is 0 Å². The van der Waals surface area contributed by atoms with Crippen molar-refractivity contribution in [3.8, 4) is 0 Å². The van der Waals surface area contributed by atoms with Gasteiger partial charge < -0.3 is 14.2 Å². The summed E-state index contributed by atoms with van der Waals surface area (Å²) in [4.78, 5) is 37.5. The standard InChI is InChI=1S/C24H38O6/c1-22(2)14-29-24(4,30-15-22)21(28-5)11-7-16(25)6-8-17-18-9-10-20(27)23(18,3)13-12-19(17)26/h17-18,21H,6-15H2,1-5H3. The molecule has 0 bridgehead atoms. The number of Topliss-reactive ketones (excluding diaryl/α,β-unsaturated/α-hetero) is 3. The van der Waals surface area contributed by atoms with Crippen molar-refractivity contribution in [1.29, 1.82) is 0 Å². The van der Waals surface area contributed by atoms with E-state index in [2.05, 4.69) is 13.8 Å². The molecule has 1 heterocycles. The number of methoxy groups -OCH3 is 1. The van der Waals surface area contributed by atoms with E-state index in [1.54, 1.807) is 7.11 Å². The first-order valence-electron chi connectivity index (χ1n) is 11.4. The Morgan fingerprint density at radius 2 is 1.77 bits per heavy atom. The molecule has 6 heteroatoms. The van der Waals surface area contributed by atoms with Gasteiger partial charge in [0.1, 0.15) is 23.5 Å². The van der Waals surface area contributed by atoms with E-state index in [1.807, 2.05) is 13.8 Å². The molecule has 0 radical (unpaired) electrons. The molecular weight excluding hydrogens is 384 g/mol. The van der Waals surface area contributed by atoms with Gasteiger partial charge in [0.25, 0.3) is 0 Å². The monoisotopic (exact) mass is 422 g/mol. The van der Waals surface area contributed by atoms with Gasteiger partial charge in [-0.25, -0.2) is 0 Å². The number of hydrogen-bond donors (Lipinski definition) is 0. The Balaban J connectivity index is 1.50. The summed E-state index contributed by atoms with van der Waals surface area (Å²) in [5, 5.41) is 0. The number of rotatable bonds is 8. The van der Waals surface area contributed by atoms with Gasteiger partial charge in [0.15, 0.2) is 5.79 Å². The summed E-state index contributed by atoms with van der Waals surface area (Å²) in [7, 11) is 1.62. The lowest BCUT2D eigenvalue weighted by Gasteiger charge is -2.44. The van der Waals surface area contributed by atoms with Crippen molar-refractivity contribution in [1.82, 2.24) is 0 Å². The van der Waals surface area contributed by atoms with E-state index in [0.717, 1.165) is 6.42 Å². The van der Waals surface area contributed by atoms with Gasteiger partial charge in [-0.3, -0.25) is 14.4 Å². The van der Waals surface area contributed by atoms with Crippen molar-refractivity contribution in [3.63, 3.8) is 0 Å². The fourth-order valence-corrected chi connectivity index (χ4v) is 5.50. The molecular formula is C24H38O6. The number of carbonyl (C=O) groups is 3. The Labute approximate surface area is 180 Å². The Kier molecular flexibility index (Phi) is 6.90. The number of hydrogen-bond acceptors (Lipinski definition) is 6. The van der Waals surface area contributed by atoms with E-state index in [-0.39, 0.29) is 40.3 Å². The van der Waals surface area contributed by atoms with Crippen LogP contribution < -0.4 is 0 Å². The lowest BCUT2D eigenvalue weighted by molar-refractivity contribution is -0.327. The predicted octanol–water partition coefficient (Wildman–Crippen LogP) is 3.88. The van der Waals surface area contributed by atoms with Crippen LogP contribution >= 0.6 is 0 Å². The summed E-state index contributed by atoms with van der Waals surface area (Å²) in [6.45, 7) is 9.24. The maximum Gasteiger partial charge on any atom is 0.191 e. The molecule has 0 N–H and O–H groups in total. The fraction of sp³-hybridized carbons (Fsp3) is 0.875. The number of fused-ring (bicyclic) bond motifs is 1. The number of ketones is 3. The Bertz CT molecular complexity index is 673. The van der Waals surface area contributed by atoms with Crippen LogP contribution in [0.25, 0.3) is 0 Å². The van der Waals surface area contributed by atoms with Crippen molar-refractivity contribution in [2.45, 2.75) is 91.0 Å². The van der Waals surface area contributed by atoms with Crippen LogP contribution in [0.15, 0.2) is 0 Å². The predicted molar refractivity (Wildman–Crippen MR) is 112 cm³/mol. The summed E-state index contributed by atoms with van der Waals surface area (Å²) < 4.78 is 17.5. The first-order chi connectivity index (χ1) is 14.0. The van der Waals surface area contributed by atoms with Gasteiger partial charge in [-0.05, 0) is 38.5 Å². The highest BCUT2D eigenvalue weighted by atomic mass is 16.7. The molecule has 1 saturated heterocycles. The zero-order valence-corrected chi connectivity index (χ0v) is 19.3. The average Bonchev–Trinajstić information content (AvgIpc) is 2.99. The fourth-order valence-electron chi connectivity index (χ4n) is 5.50. The third kappa shape index (κ3) is 4.71. The second kappa shape index (κ2) is 8.79. The molecule has 3 rings (SSSR count). The molecule has 0 aromatic heterocycles. The smallest absolute Gasteiger partial charge is 0.191 e. The molecule has 0 amide bonds. The maximum absolute atomic E-state index is 12.6. The van der Waals surface area contributed by atoms with Crippen molar-refractivity contribution < 1.29 is 28.6 Å². The van der Waals surface area contributed by atoms with E-state index in [1.165, 1.54) is 0 Å². The van der Waals surface area contributed by atoms with Crippen molar-refractivity contribution in [3.05, 3.63) is 0 Å². The third-order valence-electron chi connectivity index (χ3n) is 7.72. The van der Waals surface area contributed by atoms with Crippen LogP contribution in [0.4, 0.5) is 0 Å². The van der Waals surface area contributed by atoms with Crippen molar-refractivity contribution >= 4 is 17.3 Å². The highest BCUT2D eigenvalue weighted by Gasteiger charge is 2.53. The molecule has 4 unspecified atom stereocenters. The highest BCUT2D eigenvalue weighted by molar-refractivity contribution is 5.92. The molecule has 3 aliphatic rings. The van der Waals surface area contributed by atoms with Gasteiger partial charge in [0.2, 0.25) is 0 Å². The number of ether oxygens (including phenoxy) is 3.